The molecule has 6 heteroatoms. The topological polar surface area (TPSA) is 47.0 Å². The van der Waals surface area contributed by atoms with Gasteiger partial charge in [0, 0.05) is 11.4 Å². The van der Waals surface area contributed by atoms with Crippen molar-refractivity contribution in [3.63, 3.8) is 0 Å². The molecule has 112 valence electrons. The van der Waals surface area contributed by atoms with Crippen LogP contribution >= 0.6 is 23.1 Å². The molecule has 0 atom stereocenters. The molecule has 0 aliphatic heterocycles. The van der Waals surface area contributed by atoms with Crippen LogP contribution in [0.3, 0.4) is 0 Å². The Morgan fingerprint density at radius 1 is 1.09 bits per heavy atom. The fraction of sp³-hybridized carbons (Fsp3) is 0.125. The summed E-state index contributed by atoms with van der Waals surface area (Å²) in [5, 5.41) is 12.4. The molecule has 0 bridgehead atoms. The normalized spacial score (nSPS) is 10.4. The van der Waals surface area contributed by atoms with Gasteiger partial charge in [-0.25, -0.2) is 0 Å². The van der Waals surface area contributed by atoms with Gasteiger partial charge in [-0.1, -0.05) is 53.4 Å². The molecule has 0 saturated heterocycles. The highest BCUT2D eigenvalue weighted by Crippen LogP contribution is 2.30. The quantitative estimate of drug-likeness (QED) is 0.671. The van der Waals surface area contributed by atoms with Gasteiger partial charge in [0.15, 0.2) is 4.34 Å². The summed E-state index contributed by atoms with van der Waals surface area (Å²) in [5.74, 6) is 1.72. The number of aromatic nitrogens is 2. The minimum Gasteiger partial charge on any atom is -0.497 e. The molecule has 0 spiro atoms. The molecule has 0 radical (unpaired) electrons. The van der Waals surface area contributed by atoms with Crippen molar-refractivity contribution in [1.29, 1.82) is 0 Å². The highest BCUT2D eigenvalue weighted by molar-refractivity contribution is 8.00. The van der Waals surface area contributed by atoms with Gasteiger partial charge in [-0.3, -0.25) is 0 Å². The zero-order valence-electron chi connectivity index (χ0n) is 12.0. The molecule has 0 fully saturated rings. The van der Waals surface area contributed by atoms with E-state index in [-0.39, 0.29) is 0 Å². The van der Waals surface area contributed by atoms with Gasteiger partial charge in [0.25, 0.3) is 0 Å². The monoisotopic (exact) mass is 329 g/mol. The average molecular weight is 329 g/mol. The summed E-state index contributed by atoms with van der Waals surface area (Å²) in [6.45, 7) is 0. The van der Waals surface area contributed by atoms with E-state index in [0.717, 1.165) is 26.7 Å². The van der Waals surface area contributed by atoms with Crippen LogP contribution < -0.4 is 10.1 Å². The smallest absolute Gasteiger partial charge is 0.210 e. The second-order valence-corrected chi connectivity index (χ2v) is 6.70. The molecule has 0 saturated carbocycles. The number of para-hydroxylation sites is 1. The Balaban J connectivity index is 1.59. The predicted octanol–water partition coefficient (Wildman–Crippen LogP) is 4.58. The molecule has 1 N–H and O–H groups in total. The van der Waals surface area contributed by atoms with Crippen molar-refractivity contribution in [3.8, 4) is 5.75 Å². The molecule has 0 unspecified atom stereocenters. The Bertz CT molecular complexity index is 731. The molecule has 2 aromatic carbocycles. The molecule has 22 heavy (non-hydrogen) atoms. The SMILES string of the molecule is COc1cccc(CSc2nnc(Nc3ccccc3)s2)c1. The van der Waals surface area contributed by atoms with Gasteiger partial charge in [-0.2, -0.15) is 0 Å². The van der Waals surface area contributed by atoms with Gasteiger partial charge in [0.05, 0.1) is 7.11 Å². The first kappa shape index (κ1) is 14.9. The van der Waals surface area contributed by atoms with Gasteiger partial charge >= 0.3 is 0 Å². The number of nitrogens with zero attached hydrogens (tertiary/aromatic N) is 2. The summed E-state index contributed by atoms with van der Waals surface area (Å²) in [6.07, 6.45) is 0. The number of nitrogens with one attached hydrogen (secondary N) is 1. The minimum absolute atomic E-state index is 0.805. The zero-order valence-corrected chi connectivity index (χ0v) is 13.7. The maximum atomic E-state index is 5.23. The van der Waals surface area contributed by atoms with E-state index in [4.69, 9.17) is 4.74 Å². The predicted molar refractivity (Wildman–Crippen MR) is 92.2 cm³/mol. The van der Waals surface area contributed by atoms with Crippen molar-refractivity contribution in [2.45, 2.75) is 10.1 Å². The van der Waals surface area contributed by atoms with E-state index in [1.165, 1.54) is 5.56 Å². The van der Waals surface area contributed by atoms with Crippen molar-refractivity contribution in [2.24, 2.45) is 0 Å². The fourth-order valence-corrected chi connectivity index (χ4v) is 3.59. The van der Waals surface area contributed by atoms with Crippen LogP contribution in [-0.2, 0) is 5.75 Å². The van der Waals surface area contributed by atoms with Crippen LogP contribution in [0.4, 0.5) is 10.8 Å². The first-order chi connectivity index (χ1) is 10.8. The largest absolute Gasteiger partial charge is 0.497 e. The van der Waals surface area contributed by atoms with Gasteiger partial charge in [0.1, 0.15) is 5.75 Å². The van der Waals surface area contributed by atoms with Gasteiger partial charge in [-0.15, -0.1) is 10.2 Å². The lowest BCUT2D eigenvalue weighted by atomic mass is 10.2. The molecule has 0 aliphatic carbocycles. The van der Waals surface area contributed by atoms with Crippen molar-refractivity contribution in [1.82, 2.24) is 10.2 Å². The lowest BCUT2D eigenvalue weighted by Crippen LogP contribution is -1.87. The summed E-state index contributed by atoms with van der Waals surface area (Å²) in [4.78, 5) is 0. The van der Waals surface area contributed by atoms with E-state index in [1.54, 1.807) is 30.2 Å². The van der Waals surface area contributed by atoms with Crippen LogP contribution in [0.5, 0.6) is 5.75 Å². The van der Waals surface area contributed by atoms with Crippen LogP contribution in [0.1, 0.15) is 5.56 Å². The third-order valence-corrected chi connectivity index (χ3v) is 4.97. The summed E-state index contributed by atoms with van der Waals surface area (Å²) in [6, 6.07) is 18.0. The molecular formula is C16H15N3OS2. The Morgan fingerprint density at radius 2 is 1.95 bits per heavy atom. The van der Waals surface area contributed by atoms with Crippen LogP contribution in [0.2, 0.25) is 0 Å². The maximum Gasteiger partial charge on any atom is 0.210 e. The fourth-order valence-electron chi connectivity index (χ4n) is 1.87. The summed E-state index contributed by atoms with van der Waals surface area (Å²) in [5.41, 5.74) is 2.22. The van der Waals surface area contributed by atoms with Crippen LogP contribution in [-0.4, -0.2) is 17.3 Å². The van der Waals surface area contributed by atoms with E-state index in [0.29, 0.717) is 0 Å². The standard InChI is InChI=1S/C16H15N3OS2/c1-20-14-9-5-6-12(10-14)11-21-16-19-18-15(22-16)17-13-7-3-2-4-8-13/h2-10H,11H2,1H3,(H,17,18). The molecule has 0 amide bonds. The highest BCUT2D eigenvalue weighted by Gasteiger charge is 2.06. The zero-order chi connectivity index (χ0) is 15.2. The summed E-state index contributed by atoms with van der Waals surface area (Å²) >= 11 is 3.23. The van der Waals surface area contributed by atoms with Crippen LogP contribution in [0.25, 0.3) is 0 Å². The number of rotatable bonds is 6. The Labute approximate surface area is 137 Å². The molecule has 4 nitrogen and oxygen atoms in total. The molecule has 3 aromatic rings. The number of ether oxygens (including phenoxy) is 1. The molecule has 3 rings (SSSR count). The van der Waals surface area contributed by atoms with Crippen molar-refractivity contribution >= 4 is 33.9 Å². The minimum atomic E-state index is 0.805. The van der Waals surface area contributed by atoms with E-state index in [2.05, 4.69) is 21.6 Å². The second kappa shape index (κ2) is 7.29. The van der Waals surface area contributed by atoms with Crippen molar-refractivity contribution < 1.29 is 4.74 Å². The number of methoxy groups -OCH3 is 1. The first-order valence-corrected chi connectivity index (χ1v) is 8.55. The molecule has 1 heterocycles. The number of hydrogen-bond donors (Lipinski definition) is 1. The van der Waals surface area contributed by atoms with Gasteiger partial charge in [0.2, 0.25) is 5.13 Å². The Kier molecular flexibility index (Phi) is 4.92. The number of thioether (sulfide) groups is 1. The highest BCUT2D eigenvalue weighted by atomic mass is 32.2. The number of hydrogen-bond acceptors (Lipinski definition) is 6. The number of benzene rings is 2. The Hall–Kier alpha value is -2.05. The Morgan fingerprint density at radius 3 is 2.77 bits per heavy atom. The summed E-state index contributed by atoms with van der Waals surface area (Å²) in [7, 11) is 1.68. The van der Waals surface area contributed by atoms with Gasteiger partial charge in [-0.05, 0) is 29.8 Å². The third-order valence-electron chi connectivity index (χ3n) is 2.93. The van der Waals surface area contributed by atoms with E-state index in [1.807, 2.05) is 48.5 Å². The van der Waals surface area contributed by atoms with E-state index >= 15 is 0 Å². The molecule has 0 aliphatic rings. The third kappa shape index (κ3) is 3.99. The lowest BCUT2D eigenvalue weighted by molar-refractivity contribution is 0.414. The molecule has 1 aromatic heterocycles. The van der Waals surface area contributed by atoms with Gasteiger partial charge < -0.3 is 10.1 Å². The maximum absolute atomic E-state index is 5.23. The first-order valence-electron chi connectivity index (χ1n) is 6.75. The van der Waals surface area contributed by atoms with Crippen molar-refractivity contribution in [2.75, 3.05) is 12.4 Å². The lowest BCUT2D eigenvalue weighted by Gasteiger charge is -2.02. The van der Waals surface area contributed by atoms with E-state index < -0.39 is 0 Å². The van der Waals surface area contributed by atoms with Crippen LogP contribution in [0.15, 0.2) is 58.9 Å². The van der Waals surface area contributed by atoms with Crippen molar-refractivity contribution in [3.05, 3.63) is 60.2 Å². The van der Waals surface area contributed by atoms with E-state index in [9.17, 15) is 0 Å². The molecular weight excluding hydrogens is 314 g/mol. The second-order valence-electron chi connectivity index (χ2n) is 4.50. The average Bonchev–Trinajstić information content (AvgIpc) is 3.01. The van der Waals surface area contributed by atoms with Crippen LogP contribution in [0, 0.1) is 0 Å². The number of anilines is 2. The summed E-state index contributed by atoms with van der Waals surface area (Å²) < 4.78 is 6.18.